The van der Waals surface area contributed by atoms with Crippen LogP contribution in [0.1, 0.15) is 17.2 Å². The number of likely N-dealkylation sites (N-methyl/N-ethyl adjacent to an activating group) is 1. The average Bonchev–Trinajstić information content (AvgIpc) is 2.74. The van der Waals surface area contributed by atoms with Gasteiger partial charge in [-0.3, -0.25) is 9.88 Å². The summed E-state index contributed by atoms with van der Waals surface area (Å²) >= 11 is 0. The highest BCUT2D eigenvalue weighted by molar-refractivity contribution is 5.34. The molecule has 0 spiro atoms. The van der Waals surface area contributed by atoms with Crippen LogP contribution in [0.4, 0.5) is 5.69 Å². The van der Waals surface area contributed by atoms with Crippen molar-refractivity contribution in [2.24, 2.45) is 0 Å². The van der Waals surface area contributed by atoms with Crippen molar-refractivity contribution in [3.8, 4) is 0 Å². The van der Waals surface area contributed by atoms with Gasteiger partial charge in [0.15, 0.2) is 0 Å². The van der Waals surface area contributed by atoms with Crippen molar-refractivity contribution in [2.45, 2.75) is 19.9 Å². The van der Waals surface area contributed by atoms with Gasteiger partial charge in [0, 0.05) is 18.7 Å². The molecule has 0 aromatic carbocycles. The van der Waals surface area contributed by atoms with Crippen LogP contribution in [-0.4, -0.2) is 23.5 Å². The molecular formula is C14H19N3O. The Morgan fingerprint density at radius 1 is 1.28 bits per heavy atom. The van der Waals surface area contributed by atoms with E-state index in [-0.39, 0.29) is 0 Å². The smallest absolute Gasteiger partial charge is 0.118 e. The standard InChI is InChI=1S/C14H19N3O/c1-11-3-6-14(18-11)10-17(2)8-7-13-5-4-12(15)9-16-13/h3-6,9H,7-8,10,15H2,1-2H3. The molecule has 0 aliphatic heterocycles. The van der Waals surface area contributed by atoms with Crippen LogP contribution in [0.15, 0.2) is 34.9 Å². The molecule has 18 heavy (non-hydrogen) atoms. The SMILES string of the molecule is Cc1ccc(CN(C)CCc2ccc(N)cn2)o1. The van der Waals surface area contributed by atoms with Crippen LogP contribution in [0.3, 0.4) is 0 Å². The quantitative estimate of drug-likeness (QED) is 0.877. The van der Waals surface area contributed by atoms with Gasteiger partial charge in [-0.15, -0.1) is 0 Å². The Morgan fingerprint density at radius 3 is 2.72 bits per heavy atom. The summed E-state index contributed by atoms with van der Waals surface area (Å²) < 4.78 is 5.55. The van der Waals surface area contributed by atoms with Crippen molar-refractivity contribution in [1.82, 2.24) is 9.88 Å². The second-order valence-corrected chi connectivity index (χ2v) is 4.58. The Morgan fingerprint density at radius 2 is 2.11 bits per heavy atom. The average molecular weight is 245 g/mol. The lowest BCUT2D eigenvalue weighted by Crippen LogP contribution is -2.20. The lowest BCUT2D eigenvalue weighted by molar-refractivity contribution is 0.294. The summed E-state index contributed by atoms with van der Waals surface area (Å²) in [4.78, 5) is 6.50. The van der Waals surface area contributed by atoms with Gasteiger partial charge in [-0.2, -0.15) is 0 Å². The molecule has 2 N–H and O–H groups in total. The molecule has 0 radical (unpaired) electrons. The zero-order valence-electron chi connectivity index (χ0n) is 10.9. The highest BCUT2D eigenvalue weighted by atomic mass is 16.3. The fraction of sp³-hybridized carbons (Fsp3) is 0.357. The van der Waals surface area contributed by atoms with Gasteiger partial charge in [0.1, 0.15) is 11.5 Å². The molecule has 0 saturated heterocycles. The van der Waals surface area contributed by atoms with Crippen LogP contribution in [0.2, 0.25) is 0 Å². The maximum Gasteiger partial charge on any atom is 0.118 e. The van der Waals surface area contributed by atoms with Crippen LogP contribution >= 0.6 is 0 Å². The van der Waals surface area contributed by atoms with E-state index >= 15 is 0 Å². The molecule has 4 nitrogen and oxygen atoms in total. The van der Waals surface area contributed by atoms with E-state index in [0.717, 1.165) is 36.7 Å². The largest absolute Gasteiger partial charge is 0.465 e. The van der Waals surface area contributed by atoms with Gasteiger partial charge < -0.3 is 10.2 Å². The number of rotatable bonds is 5. The van der Waals surface area contributed by atoms with Gasteiger partial charge in [-0.1, -0.05) is 0 Å². The number of nitrogen functional groups attached to an aromatic ring is 1. The fourth-order valence-electron chi connectivity index (χ4n) is 1.80. The Hall–Kier alpha value is -1.81. The minimum atomic E-state index is 0.707. The minimum Gasteiger partial charge on any atom is -0.465 e. The summed E-state index contributed by atoms with van der Waals surface area (Å²) in [5, 5.41) is 0. The van der Waals surface area contributed by atoms with Crippen molar-refractivity contribution in [3.63, 3.8) is 0 Å². The number of furan rings is 1. The van der Waals surface area contributed by atoms with Gasteiger partial charge in [0.05, 0.1) is 18.4 Å². The molecule has 2 aromatic rings. The maximum absolute atomic E-state index is 5.60. The molecule has 0 atom stereocenters. The Bertz CT molecular complexity index is 490. The van der Waals surface area contributed by atoms with E-state index in [0.29, 0.717) is 5.69 Å². The molecule has 0 saturated carbocycles. The maximum atomic E-state index is 5.60. The topological polar surface area (TPSA) is 55.3 Å². The number of nitrogens with zero attached hydrogens (tertiary/aromatic N) is 2. The van der Waals surface area contributed by atoms with Crippen LogP contribution in [-0.2, 0) is 13.0 Å². The molecular weight excluding hydrogens is 226 g/mol. The summed E-state index contributed by atoms with van der Waals surface area (Å²) in [6, 6.07) is 7.87. The van der Waals surface area contributed by atoms with Crippen molar-refractivity contribution >= 4 is 5.69 Å². The van der Waals surface area contributed by atoms with E-state index in [1.54, 1.807) is 6.20 Å². The molecule has 96 valence electrons. The molecule has 2 rings (SSSR count). The second-order valence-electron chi connectivity index (χ2n) is 4.58. The lowest BCUT2D eigenvalue weighted by Gasteiger charge is -2.14. The molecule has 2 aromatic heterocycles. The van der Waals surface area contributed by atoms with Crippen molar-refractivity contribution < 1.29 is 4.42 Å². The van der Waals surface area contributed by atoms with E-state index in [1.165, 1.54) is 0 Å². The number of aryl methyl sites for hydroxylation is 1. The molecule has 0 unspecified atom stereocenters. The third-order valence-corrected chi connectivity index (χ3v) is 2.82. The molecule has 4 heteroatoms. The number of hydrogen-bond donors (Lipinski definition) is 1. The van der Waals surface area contributed by atoms with Gasteiger partial charge in [0.2, 0.25) is 0 Å². The zero-order chi connectivity index (χ0) is 13.0. The number of pyridine rings is 1. The van der Waals surface area contributed by atoms with Crippen molar-refractivity contribution in [1.29, 1.82) is 0 Å². The first-order valence-electron chi connectivity index (χ1n) is 6.08. The van der Waals surface area contributed by atoms with E-state index < -0.39 is 0 Å². The molecule has 0 fully saturated rings. The number of aromatic nitrogens is 1. The molecule has 0 amide bonds. The summed E-state index contributed by atoms with van der Waals surface area (Å²) in [7, 11) is 2.08. The van der Waals surface area contributed by atoms with Crippen molar-refractivity contribution in [2.75, 3.05) is 19.3 Å². The summed E-state index contributed by atoms with van der Waals surface area (Å²) in [5.41, 5.74) is 7.37. The third-order valence-electron chi connectivity index (χ3n) is 2.82. The van der Waals surface area contributed by atoms with Gasteiger partial charge in [-0.05, 0) is 38.2 Å². The predicted molar refractivity (Wildman–Crippen MR) is 72.1 cm³/mol. The number of anilines is 1. The van der Waals surface area contributed by atoms with Crippen LogP contribution in [0.25, 0.3) is 0 Å². The minimum absolute atomic E-state index is 0.707. The summed E-state index contributed by atoms with van der Waals surface area (Å²) in [6.45, 7) is 3.72. The van der Waals surface area contributed by atoms with Crippen LogP contribution < -0.4 is 5.73 Å². The van der Waals surface area contributed by atoms with E-state index in [1.807, 2.05) is 31.2 Å². The molecule has 0 aliphatic carbocycles. The first-order valence-corrected chi connectivity index (χ1v) is 6.08. The molecule has 0 aliphatic rings. The van der Waals surface area contributed by atoms with E-state index in [9.17, 15) is 0 Å². The van der Waals surface area contributed by atoms with Gasteiger partial charge >= 0.3 is 0 Å². The second kappa shape index (κ2) is 5.69. The van der Waals surface area contributed by atoms with E-state index in [4.69, 9.17) is 10.2 Å². The molecule has 2 heterocycles. The van der Waals surface area contributed by atoms with Gasteiger partial charge in [0.25, 0.3) is 0 Å². The Kier molecular flexibility index (Phi) is 3.99. The molecule has 0 bridgehead atoms. The van der Waals surface area contributed by atoms with Crippen molar-refractivity contribution in [3.05, 3.63) is 47.7 Å². The van der Waals surface area contributed by atoms with Gasteiger partial charge in [-0.25, -0.2) is 0 Å². The highest BCUT2D eigenvalue weighted by Gasteiger charge is 2.04. The first kappa shape index (κ1) is 12.6. The Labute approximate surface area is 107 Å². The summed E-state index contributed by atoms with van der Waals surface area (Å²) in [6.07, 6.45) is 2.61. The first-order chi connectivity index (χ1) is 8.63. The van der Waals surface area contributed by atoms with Crippen LogP contribution in [0, 0.1) is 6.92 Å². The summed E-state index contributed by atoms with van der Waals surface area (Å²) in [5.74, 6) is 1.96. The predicted octanol–water partition coefficient (Wildman–Crippen LogP) is 2.24. The zero-order valence-corrected chi connectivity index (χ0v) is 10.9. The van der Waals surface area contributed by atoms with Crippen LogP contribution in [0.5, 0.6) is 0 Å². The highest BCUT2D eigenvalue weighted by Crippen LogP contribution is 2.09. The monoisotopic (exact) mass is 245 g/mol. The van der Waals surface area contributed by atoms with E-state index in [2.05, 4.69) is 16.9 Å². The lowest BCUT2D eigenvalue weighted by atomic mass is 10.2. The number of hydrogen-bond acceptors (Lipinski definition) is 4. The third kappa shape index (κ3) is 3.60. The number of nitrogens with two attached hydrogens (primary N) is 1. The Balaban J connectivity index is 1.81. The fourth-order valence-corrected chi connectivity index (χ4v) is 1.80. The normalized spacial score (nSPS) is 11.1.